The van der Waals surface area contributed by atoms with E-state index in [1.54, 1.807) is 12.4 Å². The van der Waals surface area contributed by atoms with Crippen molar-refractivity contribution in [1.82, 2.24) is 19.9 Å². The van der Waals surface area contributed by atoms with Crippen molar-refractivity contribution in [3.63, 3.8) is 0 Å². The summed E-state index contributed by atoms with van der Waals surface area (Å²) in [5, 5.41) is 5.73. The summed E-state index contributed by atoms with van der Waals surface area (Å²) in [5.74, 6) is 1.55. The van der Waals surface area contributed by atoms with Crippen molar-refractivity contribution >= 4 is 11.7 Å². The Kier molecular flexibility index (Phi) is 3.85. The Morgan fingerprint density at radius 2 is 2.38 bits per heavy atom. The van der Waals surface area contributed by atoms with Gasteiger partial charge in [-0.3, -0.25) is 4.98 Å². The predicted octanol–water partition coefficient (Wildman–Crippen LogP) is 1.97. The second-order valence-electron chi connectivity index (χ2n) is 5.48. The Bertz CT molecular complexity index is 636. The molecule has 1 aliphatic heterocycles. The van der Waals surface area contributed by atoms with Crippen molar-refractivity contribution in [3.05, 3.63) is 42.2 Å². The van der Waals surface area contributed by atoms with Gasteiger partial charge in [0.25, 0.3) is 0 Å². The van der Waals surface area contributed by atoms with Gasteiger partial charge in [-0.15, -0.1) is 0 Å². The van der Waals surface area contributed by atoms with E-state index >= 15 is 0 Å². The van der Waals surface area contributed by atoms with E-state index in [9.17, 15) is 4.79 Å². The molecule has 3 heterocycles. The molecule has 0 saturated carbocycles. The zero-order chi connectivity index (χ0) is 14.7. The zero-order valence-corrected chi connectivity index (χ0v) is 12.0. The maximum atomic E-state index is 11.9. The molecule has 0 radical (unpaired) electrons. The monoisotopic (exact) mass is 285 g/mol. The first-order chi connectivity index (χ1) is 10.2. The number of aryl methyl sites for hydroxylation is 2. The van der Waals surface area contributed by atoms with Gasteiger partial charge in [-0.1, -0.05) is 0 Å². The van der Waals surface area contributed by atoms with Crippen molar-refractivity contribution in [2.75, 3.05) is 11.9 Å². The van der Waals surface area contributed by atoms with Gasteiger partial charge < -0.3 is 15.2 Å². The topological polar surface area (TPSA) is 71.8 Å². The molecule has 6 heteroatoms. The largest absolute Gasteiger partial charge is 0.338 e. The van der Waals surface area contributed by atoms with Gasteiger partial charge in [0.05, 0.1) is 11.9 Å². The van der Waals surface area contributed by atoms with Crippen molar-refractivity contribution in [2.24, 2.45) is 5.92 Å². The smallest absolute Gasteiger partial charge is 0.319 e. The van der Waals surface area contributed by atoms with Gasteiger partial charge in [0.15, 0.2) is 0 Å². The molecule has 1 aliphatic rings. The maximum Gasteiger partial charge on any atom is 0.319 e. The van der Waals surface area contributed by atoms with E-state index in [0.717, 1.165) is 30.8 Å². The lowest BCUT2D eigenvalue weighted by Crippen LogP contribution is -2.35. The van der Waals surface area contributed by atoms with E-state index in [2.05, 4.69) is 25.2 Å². The summed E-state index contributed by atoms with van der Waals surface area (Å²) in [5.41, 5.74) is 1.73. The van der Waals surface area contributed by atoms with Crippen LogP contribution in [0.5, 0.6) is 0 Å². The number of imidazole rings is 1. The Balaban J connectivity index is 1.48. The van der Waals surface area contributed by atoms with Gasteiger partial charge in [0.1, 0.15) is 5.82 Å². The predicted molar refractivity (Wildman–Crippen MR) is 80.0 cm³/mol. The number of pyridine rings is 1. The molecule has 0 saturated heterocycles. The fraction of sp³-hybridized carbons (Fsp3) is 0.400. The molecule has 2 aromatic rings. The average Bonchev–Trinajstić information content (AvgIpc) is 2.92. The molecule has 110 valence electrons. The SMILES string of the molecule is Cc1cncc(NC(=O)NC[C@@H]2CCn3ccnc3C2)c1. The number of anilines is 1. The third kappa shape index (κ3) is 3.39. The van der Waals surface area contributed by atoms with Crippen molar-refractivity contribution < 1.29 is 4.79 Å². The first kappa shape index (κ1) is 13.6. The number of carbonyl (C=O) groups is 1. The van der Waals surface area contributed by atoms with E-state index in [0.29, 0.717) is 18.2 Å². The minimum Gasteiger partial charge on any atom is -0.338 e. The molecule has 0 spiro atoms. The van der Waals surface area contributed by atoms with Crippen LogP contribution in [0.4, 0.5) is 10.5 Å². The Morgan fingerprint density at radius 1 is 1.48 bits per heavy atom. The fourth-order valence-electron chi connectivity index (χ4n) is 2.63. The summed E-state index contributed by atoms with van der Waals surface area (Å²) in [4.78, 5) is 20.3. The lowest BCUT2D eigenvalue weighted by molar-refractivity contribution is 0.248. The fourth-order valence-corrected chi connectivity index (χ4v) is 2.63. The average molecular weight is 285 g/mol. The van der Waals surface area contributed by atoms with Crippen LogP contribution in [-0.4, -0.2) is 27.1 Å². The highest BCUT2D eigenvalue weighted by atomic mass is 16.2. The molecule has 2 amide bonds. The number of aromatic nitrogens is 3. The van der Waals surface area contributed by atoms with Crippen LogP contribution in [0.25, 0.3) is 0 Å². The summed E-state index contributed by atoms with van der Waals surface area (Å²) < 4.78 is 2.18. The lowest BCUT2D eigenvalue weighted by Gasteiger charge is -2.23. The van der Waals surface area contributed by atoms with Crippen molar-refractivity contribution in [1.29, 1.82) is 0 Å². The standard InChI is InChI=1S/C15H19N5O/c1-11-6-13(10-16-8-11)19-15(21)18-9-12-2-4-20-5-3-17-14(20)7-12/h3,5-6,8,10,12H,2,4,7,9H2,1H3,(H2,18,19,21)/t12-/m1/s1. The van der Waals surface area contributed by atoms with Crippen LogP contribution in [0, 0.1) is 12.8 Å². The van der Waals surface area contributed by atoms with Crippen LogP contribution in [0.1, 0.15) is 17.8 Å². The Hall–Kier alpha value is -2.37. The molecule has 21 heavy (non-hydrogen) atoms. The normalized spacial score (nSPS) is 17.1. The molecular formula is C15H19N5O. The van der Waals surface area contributed by atoms with Gasteiger partial charge in [-0.05, 0) is 30.9 Å². The number of hydrogen-bond donors (Lipinski definition) is 2. The summed E-state index contributed by atoms with van der Waals surface area (Å²) in [6.45, 7) is 3.59. The molecule has 1 atom stereocenters. The van der Waals surface area contributed by atoms with Crippen molar-refractivity contribution in [2.45, 2.75) is 26.3 Å². The molecule has 2 aromatic heterocycles. The maximum absolute atomic E-state index is 11.9. The number of amides is 2. The summed E-state index contributed by atoms with van der Waals surface area (Å²) in [6, 6.07) is 1.71. The number of urea groups is 1. The lowest BCUT2D eigenvalue weighted by atomic mass is 9.98. The first-order valence-electron chi connectivity index (χ1n) is 7.17. The summed E-state index contributed by atoms with van der Waals surface area (Å²) in [7, 11) is 0. The third-order valence-electron chi connectivity index (χ3n) is 3.74. The number of carbonyl (C=O) groups excluding carboxylic acids is 1. The number of hydrogen-bond acceptors (Lipinski definition) is 3. The van der Waals surface area contributed by atoms with E-state index in [4.69, 9.17) is 0 Å². The van der Waals surface area contributed by atoms with Crippen LogP contribution in [0.3, 0.4) is 0 Å². The summed E-state index contributed by atoms with van der Waals surface area (Å²) >= 11 is 0. The summed E-state index contributed by atoms with van der Waals surface area (Å²) in [6.07, 6.45) is 9.23. The first-order valence-corrected chi connectivity index (χ1v) is 7.17. The molecule has 0 fully saturated rings. The minimum atomic E-state index is -0.184. The number of nitrogens with one attached hydrogen (secondary N) is 2. The molecule has 0 aromatic carbocycles. The van der Waals surface area contributed by atoms with Crippen LogP contribution in [0.2, 0.25) is 0 Å². The highest BCUT2D eigenvalue weighted by Gasteiger charge is 2.19. The van der Waals surface area contributed by atoms with Crippen LogP contribution in [-0.2, 0) is 13.0 Å². The molecule has 2 N–H and O–H groups in total. The quantitative estimate of drug-likeness (QED) is 0.905. The minimum absolute atomic E-state index is 0.184. The van der Waals surface area contributed by atoms with Crippen LogP contribution in [0.15, 0.2) is 30.9 Å². The molecule has 0 bridgehead atoms. The Morgan fingerprint density at radius 3 is 3.24 bits per heavy atom. The van der Waals surface area contributed by atoms with Gasteiger partial charge in [-0.2, -0.15) is 0 Å². The van der Waals surface area contributed by atoms with Gasteiger partial charge in [0.2, 0.25) is 0 Å². The molecule has 0 unspecified atom stereocenters. The molecule has 3 rings (SSSR count). The Labute approximate surface area is 123 Å². The van der Waals surface area contributed by atoms with E-state index in [1.807, 2.05) is 25.4 Å². The van der Waals surface area contributed by atoms with E-state index < -0.39 is 0 Å². The van der Waals surface area contributed by atoms with E-state index in [-0.39, 0.29) is 6.03 Å². The van der Waals surface area contributed by atoms with Gasteiger partial charge in [-0.25, -0.2) is 9.78 Å². The van der Waals surface area contributed by atoms with Crippen LogP contribution >= 0.6 is 0 Å². The zero-order valence-electron chi connectivity index (χ0n) is 12.0. The molecule has 6 nitrogen and oxygen atoms in total. The second-order valence-corrected chi connectivity index (χ2v) is 5.48. The number of rotatable bonds is 3. The third-order valence-corrected chi connectivity index (χ3v) is 3.74. The number of nitrogens with zero attached hydrogens (tertiary/aromatic N) is 3. The van der Waals surface area contributed by atoms with Crippen molar-refractivity contribution in [3.8, 4) is 0 Å². The molecular weight excluding hydrogens is 266 g/mol. The highest BCUT2D eigenvalue weighted by Crippen LogP contribution is 2.18. The second kappa shape index (κ2) is 5.95. The van der Waals surface area contributed by atoms with E-state index in [1.165, 1.54) is 0 Å². The highest BCUT2D eigenvalue weighted by molar-refractivity contribution is 5.89. The molecule has 0 aliphatic carbocycles. The van der Waals surface area contributed by atoms with Gasteiger partial charge >= 0.3 is 6.03 Å². The van der Waals surface area contributed by atoms with Gasteiger partial charge in [0, 0.05) is 38.1 Å². The number of fused-ring (bicyclic) bond motifs is 1. The van der Waals surface area contributed by atoms with Crippen LogP contribution < -0.4 is 10.6 Å².